The van der Waals surface area contributed by atoms with Crippen LogP contribution in [0.15, 0.2) is 17.0 Å². The predicted molar refractivity (Wildman–Crippen MR) is 81.2 cm³/mol. The Kier molecular flexibility index (Phi) is 4.12. The highest BCUT2D eigenvalue weighted by Gasteiger charge is 2.44. The van der Waals surface area contributed by atoms with Gasteiger partial charge in [-0.2, -0.15) is 0 Å². The molecule has 0 aliphatic carbocycles. The van der Waals surface area contributed by atoms with E-state index in [4.69, 9.17) is 9.15 Å². The molecule has 1 aromatic heterocycles. The van der Waals surface area contributed by atoms with E-state index < -0.39 is 5.60 Å². The van der Waals surface area contributed by atoms with Gasteiger partial charge in [0.05, 0.1) is 12.7 Å². The van der Waals surface area contributed by atoms with Crippen molar-refractivity contribution in [2.45, 2.75) is 76.7 Å². The summed E-state index contributed by atoms with van der Waals surface area (Å²) in [7, 11) is 0. The number of oxazole rings is 1. The van der Waals surface area contributed by atoms with Crippen LogP contribution in [0.3, 0.4) is 0 Å². The monoisotopic (exact) mass is 307 g/mol. The molecule has 122 valence electrons. The number of hydrogen-bond acceptors (Lipinski definition) is 5. The lowest BCUT2D eigenvalue weighted by atomic mass is 9.97. The van der Waals surface area contributed by atoms with Crippen LogP contribution < -0.4 is 5.32 Å². The predicted octanol–water partition coefficient (Wildman–Crippen LogP) is 2.69. The lowest BCUT2D eigenvalue weighted by molar-refractivity contribution is 0.00458. The summed E-state index contributed by atoms with van der Waals surface area (Å²) < 4.78 is 10.8. The Hall–Kier alpha value is -1.56. The molecular formula is C16H25N3O3. The van der Waals surface area contributed by atoms with Crippen LogP contribution in [0.4, 0.5) is 4.79 Å². The van der Waals surface area contributed by atoms with E-state index in [1.807, 2.05) is 25.7 Å². The Balaban J connectivity index is 1.56. The summed E-state index contributed by atoms with van der Waals surface area (Å²) in [6, 6.07) is 1.00. The van der Waals surface area contributed by atoms with Gasteiger partial charge in [0.15, 0.2) is 6.39 Å². The molecular weight excluding hydrogens is 282 g/mol. The Labute approximate surface area is 131 Å². The van der Waals surface area contributed by atoms with Gasteiger partial charge < -0.3 is 19.4 Å². The van der Waals surface area contributed by atoms with Gasteiger partial charge in [0, 0.05) is 18.1 Å². The van der Waals surface area contributed by atoms with E-state index in [9.17, 15) is 4.79 Å². The molecule has 3 heterocycles. The lowest BCUT2D eigenvalue weighted by Gasteiger charge is -2.39. The SMILES string of the molecule is CC(C)(C)OC(=O)N1C2CCC1CC(NCc1cnco1)C2. The molecule has 0 spiro atoms. The second kappa shape index (κ2) is 5.91. The quantitative estimate of drug-likeness (QED) is 0.930. The van der Waals surface area contributed by atoms with Crippen molar-refractivity contribution < 1.29 is 13.9 Å². The summed E-state index contributed by atoms with van der Waals surface area (Å²) in [5.74, 6) is 0.849. The summed E-state index contributed by atoms with van der Waals surface area (Å²) in [5.41, 5.74) is -0.433. The maximum atomic E-state index is 12.4. The minimum absolute atomic E-state index is 0.159. The number of amides is 1. The highest BCUT2D eigenvalue weighted by atomic mass is 16.6. The number of ether oxygens (including phenoxy) is 1. The molecule has 1 aromatic rings. The van der Waals surface area contributed by atoms with Crippen LogP contribution in [-0.2, 0) is 11.3 Å². The molecule has 3 rings (SSSR count). The Morgan fingerprint density at radius 1 is 1.41 bits per heavy atom. The van der Waals surface area contributed by atoms with Gasteiger partial charge in [-0.15, -0.1) is 0 Å². The first-order valence-electron chi connectivity index (χ1n) is 8.04. The van der Waals surface area contributed by atoms with Crippen molar-refractivity contribution >= 4 is 6.09 Å². The molecule has 2 saturated heterocycles. The van der Waals surface area contributed by atoms with E-state index in [-0.39, 0.29) is 6.09 Å². The molecule has 0 aromatic carbocycles. The zero-order chi connectivity index (χ0) is 15.7. The third kappa shape index (κ3) is 3.43. The van der Waals surface area contributed by atoms with Gasteiger partial charge in [0.2, 0.25) is 0 Å². The number of nitrogens with one attached hydrogen (secondary N) is 1. The van der Waals surface area contributed by atoms with Gasteiger partial charge in [-0.1, -0.05) is 0 Å². The Bertz CT molecular complexity index is 495. The van der Waals surface area contributed by atoms with Crippen molar-refractivity contribution in [2.24, 2.45) is 0 Å². The molecule has 2 atom stereocenters. The number of nitrogens with zero attached hydrogens (tertiary/aromatic N) is 2. The van der Waals surface area contributed by atoms with Crippen molar-refractivity contribution in [1.82, 2.24) is 15.2 Å². The summed E-state index contributed by atoms with van der Waals surface area (Å²) in [6.45, 7) is 6.44. The van der Waals surface area contributed by atoms with Crippen molar-refractivity contribution in [1.29, 1.82) is 0 Å². The summed E-state index contributed by atoms with van der Waals surface area (Å²) in [5, 5.41) is 3.52. The molecule has 0 saturated carbocycles. The number of fused-ring (bicyclic) bond motifs is 2. The summed E-state index contributed by atoms with van der Waals surface area (Å²) in [4.78, 5) is 18.3. The van der Waals surface area contributed by atoms with Crippen molar-refractivity contribution in [3.8, 4) is 0 Å². The first-order chi connectivity index (χ1) is 10.4. The number of carbonyl (C=O) groups is 1. The number of carbonyl (C=O) groups excluding carboxylic acids is 1. The number of aromatic nitrogens is 1. The molecule has 6 heteroatoms. The molecule has 1 amide bonds. The molecule has 2 aliphatic rings. The second-order valence-corrected chi connectivity index (χ2v) is 7.29. The van der Waals surface area contributed by atoms with E-state index in [1.165, 1.54) is 6.39 Å². The van der Waals surface area contributed by atoms with E-state index in [0.717, 1.165) is 31.4 Å². The lowest BCUT2D eigenvalue weighted by Crippen LogP contribution is -2.52. The highest BCUT2D eigenvalue weighted by Crippen LogP contribution is 2.36. The van der Waals surface area contributed by atoms with Gasteiger partial charge in [0.25, 0.3) is 0 Å². The van der Waals surface area contributed by atoms with Crippen LogP contribution in [-0.4, -0.2) is 39.7 Å². The summed E-state index contributed by atoms with van der Waals surface area (Å²) >= 11 is 0. The average molecular weight is 307 g/mol. The van der Waals surface area contributed by atoms with E-state index in [0.29, 0.717) is 24.7 Å². The maximum absolute atomic E-state index is 12.4. The first-order valence-corrected chi connectivity index (χ1v) is 8.04. The van der Waals surface area contributed by atoms with Gasteiger partial charge in [-0.3, -0.25) is 0 Å². The van der Waals surface area contributed by atoms with E-state index >= 15 is 0 Å². The van der Waals surface area contributed by atoms with Gasteiger partial charge in [-0.25, -0.2) is 9.78 Å². The van der Waals surface area contributed by atoms with Gasteiger partial charge >= 0.3 is 6.09 Å². The van der Waals surface area contributed by atoms with Gasteiger partial charge in [-0.05, 0) is 46.5 Å². The fourth-order valence-electron chi connectivity index (χ4n) is 3.53. The van der Waals surface area contributed by atoms with Crippen molar-refractivity contribution in [3.05, 3.63) is 18.4 Å². The highest BCUT2D eigenvalue weighted by molar-refractivity contribution is 5.69. The van der Waals surface area contributed by atoms with Crippen LogP contribution in [0, 0.1) is 0 Å². The minimum Gasteiger partial charge on any atom is -0.447 e. The molecule has 2 aliphatic heterocycles. The van der Waals surface area contributed by atoms with Crippen molar-refractivity contribution in [2.75, 3.05) is 0 Å². The normalized spacial score (nSPS) is 28.0. The van der Waals surface area contributed by atoms with Crippen LogP contribution in [0.2, 0.25) is 0 Å². The van der Waals surface area contributed by atoms with E-state index in [2.05, 4.69) is 10.3 Å². The van der Waals surface area contributed by atoms with Crippen LogP contribution in [0.1, 0.15) is 52.2 Å². The molecule has 6 nitrogen and oxygen atoms in total. The molecule has 0 radical (unpaired) electrons. The zero-order valence-corrected chi connectivity index (χ0v) is 13.5. The Morgan fingerprint density at radius 3 is 2.64 bits per heavy atom. The van der Waals surface area contributed by atoms with Crippen molar-refractivity contribution in [3.63, 3.8) is 0 Å². The second-order valence-electron chi connectivity index (χ2n) is 7.29. The fraction of sp³-hybridized carbons (Fsp3) is 0.750. The van der Waals surface area contributed by atoms with Crippen LogP contribution >= 0.6 is 0 Å². The summed E-state index contributed by atoms with van der Waals surface area (Å²) in [6.07, 6.45) is 7.12. The molecule has 2 bridgehead atoms. The molecule has 2 fully saturated rings. The number of rotatable bonds is 3. The topological polar surface area (TPSA) is 67.6 Å². The van der Waals surface area contributed by atoms with Crippen LogP contribution in [0.5, 0.6) is 0 Å². The van der Waals surface area contributed by atoms with Gasteiger partial charge in [0.1, 0.15) is 11.4 Å². The van der Waals surface area contributed by atoms with Crippen LogP contribution in [0.25, 0.3) is 0 Å². The number of piperidine rings is 1. The first kappa shape index (κ1) is 15.3. The number of hydrogen-bond donors (Lipinski definition) is 1. The minimum atomic E-state index is -0.433. The maximum Gasteiger partial charge on any atom is 0.410 e. The van der Waals surface area contributed by atoms with E-state index in [1.54, 1.807) is 6.20 Å². The fourth-order valence-corrected chi connectivity index (χ4v) is 3.53. The standard InChI is InChI=1S/C16H25N3O3/c1-16(2,3)22-15(20)19-12-4-5-13(19)7-11(6-12)18-9-14-8-17-10-21-14/h8,10-13,18H,4-7,9H2,1-3H3. The molecule has 2 unspecified atom stereocenters. The third-order valence-electron chi connectivity index (χ3n) is 4.39. The Morgan fingerprint density at radius 2 is 2.09 bits per heavy atom. The molecule has 22 heavy (non-hydrogen) atoms. The molecule has 1 N–H and O–H groups in total. The third-order valence-corrected chi connectivity index (χ3v) is 4.39. The zero-order valence-electron chi connectivity index (χ0n) is 13.5. The largest absolute Gasteiger partial charge is 0.447 e. The smallest absolute Gasteiger partial charge is 0.410 e. The average Bonchev–Trinajstić information content (AvgIpc) is 3.01.